The Labute approximate surface area is 99.9 Å². The summed E-state index contributed by atoms with van der Waals surface area (Å²) in [5.74, 6) is 1.19. The number of halogens is 1. The van der Waals surface area contributed by atoms with Gasteiger partial charge in [-0.3, -0.25) is 0 Å². The van der Waals surface area contributed by atoms with Crippen LogP contribution in [0.15, 0.2) is 12.1 Å². The van der Waals surface area contributed by atoms with Gasteiger partial charge in [0.25, 0.3) is 0 Å². The summed E-state index contributed by atoms with van der Waals surface area (Å²) in [6.45, 7) is 0. The molecule has 1 N–H and O–H groups in total. The number of ether oxygens (including phenoxy) is 2. The van der Waals surface area contributed by atoms with Gasteiger partial charge in [0.15, 0.2) is 0 Å². The largest absolute Gasteiger partial charge is 0.495 e. The molecule has 1 saturated carbocycles. The molecule has 0 spiro atoms. The summed E-state index contributed by atoms with van der Waals surface area (Å²) in [6, 6.07) is 3.69. The fraction of sp³-hybridized carbons (Fsp3) is 0.500. The fourth-order valence-electron chi connectivity index (χ4n) is 1.77. The van der Waals surface area contributed by atoms with Crippen LogP contribution in [0, 0.1) is 0 Å². The molecule has 16 heavy (non-hydrogen) atoms. The topological polar surface area (TPSA) is 38.7 Å². The molecule has 2 rings (SSSR count). The van der Waals surface area contributed by atoms with Gasteiger partial charge in [0.1, 0.15) is 16.5 Å². The molecule has 3 nitrogen and oxygen atoms in total. The van der Waals surface area contributed by atoms with E-state index in [1.165, 1.54) is 0 Å². The number of aliphatic hydroxyl groups is 1. The maximum absolute atomic E-state index is 9.89. The summed E-state index contributed by atoms with van der Waals surface area (Å²) >= 11 is 6.13. The van der Waals surface area contributed by atoms with Crippen molar-refractivity contribution < 1.29 is 14.6 Å². The van der Waals surface area contributed by atoms with Crippen LogP contribution in [0.4, 0.5) is 0 Å². The van der Waals surface area contributed by atoms with E-state index in [1.807, 2.05) is 6.07 Å². The third-order valence-electron chi connectivity index (χ3n) is 2.91. The molecule has 4 heteroatoms. The molecule has 88 valence electrons. The highest BCUT2D eigenvalue weighted by Crippen LogP contribution is 2.43. The van der Waals surface area contributed by atoms with Crippen LogP contribution in [0.1, 0.15) is 18.4 Å². The lowest BCUT2D eigenvalue weighted by atomic mass is 10.1. The third-order valence-corrected chi connectivity index (χ3v) is 3.27. The number of methoxy groups -OCH3 is 2. The Morgan fingerprint density at radius 1 is 1.31 bits per heavy atom. The van der Waals surface area contributed by atoms with Gasteiger partial charge in [-0.05, 0) is 24.5 Å². The van der Waals surface area contributed by atoms with Gasteiger partial charge in [-0.2, -0.15) is 0 Å². The van der Waals surface area contributed by atoms with Gasteiger partial charge < -0.3 is 14.6 Å². The number of hydrogen-bond acceptors (Lipinski definition) is 3. The predicted octanol–water partition coefficient (Wildman–Crippen LogP) is 2.42. The molecule has 0 heterocycles. The minimum atomic E-state index is -0.550. The van der Waals surface area contributed by atoms with Crippen molar-refractivity contribution in [3.8, 4) is 11.5 Å². The molecule has 0 amide bonds. The third kappa shape index (κ3) is 2.11. The Balaban J connectivity index is 2.33. The van der Waals surface area contributed by atoms with Crippen molar-refractivity contribution in [3.05, 3.63) is 22.7 Å². The molecular weight excluding hydrogens is 228 g/mol. The van der Waals surface area contributed by atoms with Gasteiger partial charge >= 0.3 is 0 Å². The van der Waals surface area contributed by atoms with Gasteiger partial charge in [0, 0.05) is 6.42 Å². The van der Waals surface area contributed by atoms with Crippen LogP contribution in [-0.2, 0) is 6.42 Å². The molecule has 1 fully saturated rings. The van der Waals surface area contributed by atoms with Gasteiger partial charge in [0.05, 0.1) is 19.8 Å². The summed E-state index contributed by atoms with van der Waals surface area (Å²) in [5.41, 5.74) is 0.374. The molecule has 0 bridgehead atoms. The van der Waals surface area contributed by atoms with Crippen LogP contribution in [0.25, 0.3) is 0 Å². The van der Waals surface area contributed by atoms with E-state index < -0.39 is 5.60 Å². The zero-order valence-corrected chi connectivity index (χ0v) is 10.2. The summed E-state index contributed by atoms with van der Waals surface area (Å²) in [4.78, 5) is 0. The van der Waals surface area contributed by atoms with E-state index in [1.54, 1.807) is 20.3 Å². The Kier molecular flexibility index (Phi) is 3.00. The van der Waals surface area contributed by atoms with E-state index in [-0.39, 0.29) is 0 Å². The van der Waals surface area contributed by atoms with E-state index >= 15 is 0 Å². The monoisotopic (exact) mass is 242 g/mol. The second-order valence-corrected chi connectivity index (χ2v) is 4.55. The summed E-state index contributed by atoms with van der Waals surface area (Å²) < 4.78 is 10.4. The van der Waals surface area contributed by atoms with Crippen molar-refractivity contribution in [2.75, 3.05) is 14.2 Å². The van der Waals surface area contributed by atoms with Crippen LogP contribution in [-0.4, -0.2) is 24.9 Å². The number of rotatable bonds is 4. The van der Waals surface area contributed by atoms with Gasteiger partial charge in [-0.1, -0.05) is 17.7 Å². The zero-order valence-electron chi connectivity index (χ0n) is 9.42. The van der Waals surface area contributed by atoms with Crippen molar-refractivity contribution in [3.63, 3.8) is 0 Å². The first kappa shape index (κ1) is 11.6. The van der Waals surface area contributed by atoms with E-state index in [0.29, 0.717) is 22.9 Å². The normalized spacial score (nSPS) is 17.0. The minimum Gasteiger partial charge on any atom is -0.495 e. The summed E-state index contributed by atoms with van der Waals surface area (Å²) in [5, 5.41) is 10.4. The van der Waals surface area contributed by atoms with Gasteiger partial charge in [-0.25, -0.2) is 0 Å². The molecule has 0 radical (unpaired) electrons. The Hall–Kier alpha value is -0.930. The lowest BCUT2D eigenvalue weighted by Crippen LogP contribution is -2.11. The first-order valence-electron chi connectivity index (χ1n) is 5.21. The minimum absolute atomic E-state index is 0.465. The smallest absolute Gasteiger partial charge is 0.144 e. The van der Waals surface area contributed by atoms with Crippen molar-refractivity contribution in [2.24, 2.45) is 0 Å². The average Bonchev–Trinajstić information content (AvgIpc) is 2.97. The predicted molar refractivity (Wildman–Crippen MR) is 62.4 cm³/mol. The average molecular weight is 243 g/mol. The highest BCUT2D eigenvalue weighted by molar-refractivity contribution is 6.33. The molecule has 1 aromatic carbocycles. The first-order valence-corrected chi connectivity index (χ1v) is 5.59. The molecule has 1 aliphatic carbocycles. The quantitative estimate of drug-likeness (QED) is 0.881. The standard InChI is InChI=1S/C12H15ClO3/c1-15-9-4-3-8(7-12(14)5-6-12)11(16-2)10(9)13/h3-4,14H,5-7H2,1-2H3. The van der Waals surface area contributed by atoms with Crippen molar-refractivity contribution in [2.45, 2.75) is 24.9 Å². The molecule has 0 atom stereocenters. The van der Waals surface area contributed by atoms with Gasteiger partial charge in [-0.15, -0.1) is 0 Å². The molecule has 1 aromatic rings. The van der Waals surface area contributed by atoms with E-state index in [2.05, 4.69) is 0 Å². The summed E-state index contributed by atoms with van der Waals surface area (Å²) in [7, 11) is 3.13. The fourth-order valence-corrected chi connectivity index (χ4v) is 2.11. The molecule has 0 aliphatic heterocycles. The van der Waals surface area contributed by atoms with Crippen molar-refractivity contribution in [1.29, 1.82) is 0 Å². The number of benzene rings is 1. The lowest BCUT2D eigenvalue weighted by Gasteiger charge is -2.15. The first-order chi connectivity index (χ1) is 7.59. The molecule has 0 unspecified atom stereocenters. The van der Waals surface area contributed by atoms with E-state index in [4.69, 9.17) is 21.1 Å². The van der Waals surface area contributed by atoms with Gasteiger partial charge in [0.2, 0.25) is 0 Å². The number of hydrogen-bond donors (Lipinski definition) is 1. The van der Waals surface area contributed by atoms with E-state index in [9.17, 15) is 5.11 Å². The van der Waals surface area contributed by atoms with Crippen molar-refractivity contribution in [1.82, 2.24) is 0 Å². The van der Waals surface area contributed by atoms with Crippen molar-refractivity contribution >= 4 is 11.6 Å². The highest BCUT2D eigenvalue weighted by atomic mass is 35.5. The molecule has 0 saturated heterocycles. The van der Waals surface area contributed by atoms with Crippen LogP contribution < -0.4 is 9.47 Å². The second kappa shape index (κ2) is 4.15. The lowest BCUT2D eigenvalue weighted by molar-refractivity contribution is 0.150. The Morgan fingerprint density at radius 2 is 2.00 bits per heavy atom. The summed E-state index contributed by atoms with van der Waals surface area (Å²) in [6.07, 6.45) is 2.28. The zero-order chi connectivity index (χ0) is 11.8. The van der Waals surface area contributed by atoms with Crippen LogP contribution in [0.3, 0.4) is 0 Å². The maximum Gasteiger partial charge on any atom is 0.144 e. The van der Waals surface area contributed by atoms with Crippen LogP contribution in [0.2, 0.25) is 5.02 Å². The maximum atomic E-state index is 9.89. The van der Waals surface area contributed by atoms with E-state index in [0.717, 1.165) is 18.4 Å². The Morgan fingerprint density at radius 3 is 2.50 bits per heavy atom. The SMILES string of the molecule is COc1ccc(CC2(O)CC2)c(OC)c1Cl. The molecule has 1 aliphatic rings. The van der Waals surface area contributed by atoms with Crippen LogP contribution >= 0.6 is 11.6 Å². The molecule has 0 aromatic heterocycles. The van der Waals surface area contributed by atoms with Crippen LogP contribution in [0.5, 0.6) is 11.5 Å². The second-order valence-electron chi connectivity index (χ2n) is 4.18. The Bertz CT molecular complexity index is 399. The highest BCUT2D eigenvalue weighted by Gasteiger charge is 2.41. The molecular formula is C12H15ClO3.